The first-order chi connectivity index (χ1) is 7.15. The Hall–Kier alpha value is -1.78. The molecule has 0 unspecified atom stereocenters. The molecule has 15 heavy (non-hydrogen) atoms. The molecule has 0 aliphatic carbocycles. The molecule has 0 bridgehead atoms. The number of Topliss-reactive ketones (excluding diaryl/α,β-unsaturated/α-hetero) is 1. The van der Waals surface area contributed by atoms with Crippen LogP contribution in [0.25, 0.3) is 0 Å². The second-order valence-corrected chi connectivity index (χ2v) is 2.90. The Kier molecular flexibility index (Phi) is 3.91. The smallest absolute Gasteiger partial charge is 0.313 e. The maximum Gasteiger partial charge on any atom is 0.313 e. The van der Waals surface area contributed by atoms with Crippen LogP contribution >= 0.6 is 0 Å². The molecular weight excluding hydrogens is 196 g/mol. The molecule has 0 fully saturated rings. The topological polar surface area (TPSA) is 69.2 Å². The lowest BCUT2D eigenvalue weighted by molar-refractivity contribution is -0.141. The third kappa shape index (κ3) is 3.12. The quantitative estimate of drug-likeness (QED) is 0.418. The number of carbonyl (C=O) groups excluding carboxylic acids is 2. The van der Waals surface area contributed by atoms with Crippen molar-refractivity contribution in [2.45, 2.75) is 20.3 Å². The highest BCUT2D eigenvalue weighted by atomic mass is 16.5. The number of nitrogens with zero attached hydrogens (tertiary/aromatic N) is 2. The lowest BCUT2D eigenvalue weighted by Crippen LogP contribution is -2.14. The van der Waals surface area contributed by atoms with Crippen molar-refractivity contribution >= 4 is 11.8 Å². The first-order valence-electron chi connectivity index (χ1n) is 4.61. The van der Waals surface area contributed by atoms with Gasteiger partial charge in [0.25, 0.3) is 0 Å². The molecule has 0 spiro atoms. The summed E-state index contributed by atoms with van der Waals surface area (Å²) in [4.78, 5) is 30.4. The lowest BCUT2D eigenvalue weighted by Gasteiger charge is -2.02. The third-order valence-electron chi connectivity index (χ3n) is 1.76. The van der Waals surface area contributed by atoms with Crippen LogP contribution in [-0.2, 0) is 9.53 Å². The Morgan fingerprint density at radius 2 is 2.00 bits per heavy atom. The van der Waals surface area contributed by atoms with Crippen LogP contribution in [0.1, 0.15) is 29.5 Å². The van der Waals surface area contributed by atoms with Gasteiger partial charge in [-0.15, -0.1) is 0 Å². The number of carbonyl (C=O) groups is 2. The van der Waals surface area contributed by atoms with Gasteiger partial charge in [0.2, 0.25) is 0 Å². The molecule has 0 amide bonds. The SMILES string of the molecule is CCOC(=O)CC(=O)c1nccnc1C. The summed E-state index contributed by atoms with van der Waals surface area (Å²) in [6.07, 6.45) is 2.63. The van der Waals surface area contributed by atoms with Crippen molar-refractivity contribution in [3.63, 3.8) is 0 Å². The van der Waals surface area contributed by atoms with Crippen LogP contribution in [0.5, 0.6) is 0 Å². The summed E-state index contributed by atoms with van der Waals surface area (Å²) < 4.78 is 4.67. The Morgan fingerprint density at radius 1 is 1.33 bits per heavy atom. The summed E-state index contributed by atoms with van der Waals surface area (Å²) in [7, 11) is 0. The summed E-state index contributed by atoms with van der Waals surface area (Å²) in [5, 5.41) is 0. The molecule has 0 radical (unpaired) electrons. The van der Waals surface area contributed by atoms with E-state index < -0.39 is 5.97 Å². The molecule has 0 atom stereocenters. The minimum Gasteiger partial charge on any atom is -0.466 e. The van der Waals surface area contributed by atoms with Gasteiger partial charge in [0.15, 0.2) is 5.78 Å². The molecule has 1 heterocycles. The van der Waals surface area contributed by atoms with Crippen LogP contribution in [0.15, 0.2) is 12.4 Å². The Labute approximate surface area is 87.5 Å². The summed E-state index contributed by atoms with van der Waals surface area (Å²) >= 11 is 0. The number of aromatic nitrogens is 2. The molecule has 0 saturated carbocycles. The minimum atomic E-state index is -0.535. The number of esters is 1. The third-order valence-corrected chi connectivity index (χ3v) is 1.76. The van der Waals surface area contributed by atoms with Crippen LogP contribution in [0.2, 0.25) is 0 Å². The fourth-order valence-corrected chi connectivity index (χ4v) is 1.11. The fraction of sp³-hybridized carbons (Fsp3) is 0.400. The maximum absolute atomic E-state index is 11.5. The summed E-state index contributed by atoms with van der Waals surface area (Å²) in [6, 6.07) is 0. The van der Waals surface area contributed by atoms with Crippen LogP contribution in [0.4, 0.5) is 0 Å². The van der Waals surface area contributed by atoms with Gasteiger partial charge < -0.3 is 4.74 Å². The van der Waals surface area contributed by atoms with E-state index in [1.54, 1.807) is 13.8 Å². The number of hydrogen-bond donors (Lipinski definition) is 0. The van der Waals surface area contributed by atoms with Gasteiger partial charge in [0, 0.05) is 12.4 Å². The Bertz CT molecular complexity index is 377. The second kappa shape index (κ2) is 5.19. The van der Waals surface area contributed by atoms with Crippen LogP contribution in [0, 0.1) is 6.92 Å². The van der Waals surface area contributed by atoms with E-state index in [0.717, 1.165) is 0 Å². The Balaban J connectivity index is 2.70. The van der Waals surface area contributed by atoms with Gasteiger partial charge in [0.1, 0.15) is 12.1 Å². The van der Waals surface area contributed by atoms with Crippen molar-refractivity contribution in [2.75, 3.05) is 6.61 Å². The van der Waals surface area contributed by atoms with E-state index in [2.05, 4.69) is 14.7 Å². The van der Waals surface area contributed by atoms with Gasteiger partial charge in [-0.2, -0.15) is 0 Å². The van der Waals surface area contributed by atoms with Gasteiger partial charge in [-0.3, -0.25) is 14.6 Å². The van der Waals surface area contributed by atoms with Gasteiger partial charge in [-0.25, -0.2) is 4.98 Å². The monoisotopic (exact) mass is 208 g/mol. The molecule has 80 valence electrons. The van der Waals surface area contributed by atoms with Crippen LogP contribution in [0.3, 0.4) is 0 Å². The van der Waals surface area contributed by atoms with Crippen LogP contribution < -0.4 is 0 Å². The summed E-state index contributed by atoms with van der Waals surface area (Å²) in [5.74, 6) is -0.897. The van der Waals surface area contributed by atoms with E-state index in [0.29, 0.717) is 5.69 Å². The zero-order chi connectivity index (χ0) is 11.3. The predicted octanol–water partition coefficient (Wildman–Crippen LogP) is 0.921. The maximum atomic E-state index is 11.5. The number of hydrogen-bond acceptors (Lipinski definition) is 5. The zero-order valence-corrected chi connectivity index (χ0v) is 8.69. The summed E-state index contributed by atoms with van der Waals surface area (Å²) in [6.45, 7) is 3.63. The van der Waals surface area contributed by atoms with Crippen molar-refractivity contribution in [3.8, 4) is 0 Å². The highest BCUT2D eigenvalue weighted by Crippen LogP contribution is 2.04. The molecule has 1 aromatic heterocycles. The Morgan fingerprint density at radius 3 is 2.60 bits per heavy atom. The van der Waals surface area contributed by atoms with E-state index in [9.17, 15) is 9.59 Å². The number of ether oxygens (including phenoxy) is 1. The lowest BCUT2D eigenvalue weighted by atomic mass is 10.2. The van der Waals surface area contributed by atoms with Crippen molar-refractivity contribution < 1.29 is 14.3 Å². The molecule has 1 aromatic rings. The molecule has 0 N–H and O–H groups in total. The van der Waals surface area contributed by atoms with Gasteiger partial charge >= 0.3 is 5.97 Å². The van der Waals surface area contributed by atoms with E-state index in [-0.39, 0.29) is 24.5 Å². The normalized spacial score (nSPS) is 9.73. The molecule has 5 heteroatoms. The van der Waals surface area contributed by atoms with E-state index in [1.807, 2.05) is 0 Å². The van der Waals surface area contributed by atoms with Crippen molar-refractivity contribution in [1.29, 1.82) is 0 Å². The van der Waals surface area contributed by atoms with Crippen molar-refractivity contribution in [2.24, 2.45) is 0 Å². The largest absolute Gasteiger partial charge is 0.466 e. The van der Waals surface area contributed by atoms with Gasteiger partial charge in [-0.05, 0) is 13.8 Å². The molecule has 0 aromatic carbocycles. The second-order valence-electron chi connectivity index (χ2n) is 2.90. The van der Waals surface area contributed by atoms with E-state index in [4.69, 9.17) is 0 Å². The first kappa shape index (κ1) is 11.3. The molecule has 5 nitrogen and oxygen atoms in total. The first-order valence-corrected chi connectivity index (χ1v) is 4.61. The minimum absolute atomic E-state index is 0.227. The number of rotatable bonds is 4. The van der Waals surface area contributed by atoms with Gasteiger partial charge in [0.05, 0.1) is 12.3 Å². The molecule has 0 aliphatic heterocycles. The van der Waals surface area contributed by atoms with Crippen molar-refractivity contribution in [3.05, 3.63) is 23.8 Å². The zero-order valence-electron chi connectivity index (χ0n) is 8.69. The number of aryl methyl sites for hydroxylation is 1. The average molecular weight is 208 g/mol. The molecule has 0 saturated heterocycles. The predicted molar refractivity (Wildman–Crippen MR) is 52.3 cm³/mol. The van der Waals surface area contributed by atoms with E-state index >= 15 is 0 Å². The van der Waals surface area contributed by atoms with Crippen molar-refractivity contribution in [1.82, 2.24) is 9.97 Å². The van der Waals surface area contributed by atoms with Gasteiger partial charge in [-0.1, -0.05) is 0 Å². The average Bonchev–Trinajstić information content (AvgIpc) is 2.18. The molecule has 0 aliphatic rings. The highest BCUT2D eigenvalue weighted by Gasteiger charge is 2.15. The standard InChI is InChI=1S/C10H12N2O3/c1-3-15-9(14)6-8(13)10-7(2)11-4-5-12-10/h4-5H,3,6H2,1-2H3. The van der Waals surface area contributed by atoms with E-state index in [1.165, 1.54) is 12.4 Å². The number of ketones is 1. The fourth-order valence-electron chi connectivity index (χ4n) is 1.11. The van der Waals surface area contributed by atoms with Crippen LogP contribution in [-0.4, -0.2) is 28.3 Å². The molecule has 1 rings (SSSR count). The molecular formula is C10H12N2O3. The summed E-state index contributed by atoms with van der Waals surface area (Å²) in [5.41, 5.74) is 0.748. The highest BCUT2D eigenvalue weighted by molar-refractivity contribution is 6.05.